The van der Waals surface area contributed by atoms with Crippen LogP contribution in [-0.2, 0) is 16.0 Å². The third kappa shape index (κ3) is 7.66. The van der Waals surface area contributed by atoms with Crippen LogP contribution >= 0.6 is 0 Å². The van der Waals surface area contributed by atoms with E-state index in [0.717, 1.165) is 19.3 Å². The van der Waals surface area contributed by atoms with Crippen LogP contribution in [0.15, 0.2) is 30.3 Å². The topological polar surface area (TPSA) is 26.3 Å². The Bertz CT molecular complexity index is 346. The van der Waals surface area contributed by atoms with E-state index in [1.165, 1.54) is 24.8 Å². The molecule has 0 N–H and O–H groups in total. The van der Waals surface area contributed by atoms with Crippen LogP contribution in [0, 0.1) is 0 Å². The number of rotatable bonds is 9. The molecule has 2 heteroatoms. The van der Waals surface area contributed by atoms with Crippen LogP contribution < -0.4 is 0 Å². The Hall–Kier alpha value is -1.31. The molecule has 0 amide bonds. The molecule has 1 aromatic rings. The minimum Gasteiger partial charge on any atom is -0.463 e. The number of hydrogen-bond donors (Lipinski definition) is 0. The van der Waals surface area contributed by atoms with Gasteiger partial charge in [-0.1, -0.05) is 56.5 Å². The summed E-state index contributed by atoms with van der Waals surface area (Å²) < 4.78 is 5.41. The highest BCUT2D eigenvalue weighted by Gasteiger charge is 2.09. The molecule has 106 valence electrons. The van der Waals surface area contributed by atoms with Gasteiger partial charge in [0.15, 0.2) is 0 Å². The van der Waals surface area contributed by atoms with Gasteiger partial charge in [0, 0.05) is 6.42 Å². The first kappa shape index (κ1) is 15.7. The van der Waals surface area contributed by atoms with Crippen molar-refractivity contribution in [2.45, 2.75) is 64.9 Å². The summed E-state index contributed by atoms with van der Waals surface area (Å²) in [5.41, 5.74) is 1.19. The summed E-state index contributed by atoms with van der Waals surface area (Å²) in [7, 11) is 0. The third-order valence-electron chi connectivity index (χ3n) is 3.26. The molecule has 0 bridgehead atoms. The molecular formula is C17H26O2. The van der Waals surface area contributed by atoms with Crippen molar-refractivity contribution in [3.05, 3.63) is 35.9 Å². The van der Waals surface area contributed by atoms with E-state index in [9.17, 15) is 4.79 Å². The fraction of sp³-hybridized carbons (Fsp3) is 0.588. The molecule has 0 aliphatic carbocycles. The van der Waals surface area contributed by atoms with Crippen LogP contribution in [0.5, 0.6) is 0 Å². The Morgan fingerprint density at radius 1 is 1.16 bits per heavy atom. The number of hydrogen-bond acceptors (Lipinski definition) is 2. The molecule has 2 nitrogen and oxygen atoms in total. The van der Waals surface area contributed by atoms with E-state index >= 15 is 0 Å². The van der Waals surface area contributed by atoms with Crippen LogP contribution in [-0.4, -0.2) is 12.1 Å². The molecule has 0 aliphatic rings. The SMILES string of the molecule is CCCCCCC(C)OC(=O)CCc1ccccc1. The predicted octanol–water partition coefficient (Wildman–Crippen LogP) is 4.52. The van der Waals surface area contributed by atoms with Crippen molar-refractivity contribution in [3.63, 3.8) is 0 Å². The molecule has 0 fully saturated rings. The van der Waals surface area contributed by atoms with Crippen molar-refractivity contribution in [1.82, 2.24) is 0 Å². The first-order chi connectivity index (χ1) is 9.22. The molecular weight excluding hydrogens is 236 g/mol. The zero-order valence-corrected chi connectivity index (χ0v) is 12.2. The molecule has 0 spiro atoms. The van der Waals surface area contributed by atoms with Gasteiger partial charge in [-0.15, -0.1) is 0 Å². The van der Waals surface area contributed by atoms with Crippen LogP contribution in [0.25, 0.3) is 0 Å². The Morgan fingerprint density at radius 2 is 1.89 bits per heavy atom. The van der Waals surface area contributed by atoms with E-state index < -0.39 is 0 Å². The molecule has 1 rings (SSSR count). The van der Waals surface area contributed by atoms with E-state index in [1.54, 1.807) is 0 Å². The van der Waals surface area contributed by atoms with Crippen molar-refractivity contribution < 1.29 is 9.53 Å². The van der Waals surface area contributed by atoms with Crippen LogP contribution in [0.3, 0.4) is 0 Å². The summed E-state index contributed by atoms with van der Waals surface area (Å²) in [6.07, 6.45) is 7.19. The Labute approximate surface area is 117 Å². The highest BCUT2D eigenvalue weighted by Crippen LogP contribution is 2.10. The summed E-state index contributed by atoms with van der Waals surface area (Å²) in [5, 5.41) is 0. The molecule has 0 saturated carbocycles. The van der Waals surface area contributed by atoms with Crippen molar-refractivity contribution in [3.8, 4) is 0 Å². The lowest BCUT2D eigenvalue weighted by atomic mass is 10.1. The standard InChI is InChI=1S/C17H26O2/c1-3-4-5-7-10-15(2)19-17(18)14-13-16-11-8-6-9-12-16/h6,8-9,11-12,15H,3-5,7,10,13-14H2,1-2H3. The lowest BCUT2D eigenvalue weighted by Crippen LogP contribution is -2.15. The van der Waals surface area contributed by atoms with E-state index in [4.69, 9.17) is 4.74 Å². The number of carbonyl (C=O) groups is 1. The fourth-order valence-electron chi connectivity index (χ4n) is 2.09. The predicted molar refractivity (Wildman–Crippen MR) is 79.1 cm³/mol. The maximum atomic E-state index is 11.7. The van der Waals surface area contributed by atoms with Gasteiger partial charge < -0.3 is 4.74 Å². The summed E-state index contributed by atoms with van der Waals surface area (Å²) in [6, 6.07) is 10.1. The molecule has 0 aromatic heterocycles. The Balaban J connectivity index is 2.13. The average Bonchev–Trinajstić information content (AvgIpc) is 2.42. The molecule has 1 aromatic carbocycles. The second kappa shape index (κ2) is 9.60. The van der Waals surface area contributed by atoms with Crippen LogP contribution in [0.1, 0.15) is 57.9 Å². The van der Waals surface area contributed by atoms with Gasteiger partial charge in [0.25, 0.3) is 0 Å². The van der Waals surface area contributed by atoms with Gasteiger partial charge in [0.05, 0.1) is 6.10 Å². The first-order valence-corrected chi connectivity index (χ1v) is 7.45. The van der Waals surface area contributed by atoms with Crippen LogP contribution in [0.2, 0.25) is 0 Å². The molecule has 19 heavy (non-hydrogen) atoms. The highest BCUT2D eigenvalue weighted by molar-refractivity contribution is 5.69. The smallest absolute Gasteiger partial charge is 0.306 e. The van der Waals surface area contributed by atoms with E-state index in [2.05, 4.69) is 6.92 Å². The maximum Gasteiger partial charge on any atom is 0.306 e. The zero-order valence-electron chi connectivity index (χ0n) is 12.2. The first-order valence-electron chi connectivity index (χ1n) is 7.45. The average molecular weight is 262 g/mol. The zero-order chi connectivity index (χ0) is 13.9. The lowest BCUT2D eigenvalue weighted by Gasteiger charge is -2.13. The maximum absolute atomic E-state index is 11.7. The number of aryl methyl sites for hydroxylation is 1. The summed E-state index contributed by atoms with van der Waals surface area (Å²) in [6.45, 7) is 4.19. The molecule has 1 unspecified atom stereocenters. The monoisotopic (exact) mass is 262 g/mol. The minimum absolute atomic E-state index is 0.0557. The third-order valence-corrected chi connectivity index (χ3v) is 3.26. The van der Waals surface area contributed by atoms with Crippen molar-refractivity contribution >= 4 is 5.97 Å². The number of ether oxygens (including phenoxy) is 1. The highest BCUT2D eigenvalue weighted by atomic mass is 16.5. The normalized spacial score (nSPS) is 12.1. The number of benzene rings is 1. The van der Waals surface area contributed by atoms with Crippen molar-refractivity contribution in [2.24, 2.45) is 0 Å². The number of esters is 1. The van der Waals surface area contributed by atoms with Gasteiger partial charge in [-0.05, 0) is 31.7 Å². The molecule has 0 heterocycles. The van der Waals surface area contributed by atoms with Gasteiger partial charge in [-0.2, -0.15) is 0 Å². The molecule has 0 saturated heterocycles. The van der Waals surface area contributed by atoms with E-state index in [-0.39, 0.29) is 12.1 Å². The van der Waals surface area contributed by atoms with Gasteiger partial charge in [0.1, 0.15) is 0 Å². The van der Waals surface area contributed by atoms with Gasteiger partial charge in [0.2, 0.25) is 0 Å². The number of carbonyl (C=O) groups excluding carboxylic acids is 1. The Morgan fingerprint density at radius 3 is 2.58 bits per heavy atom. The molecule has 1 atom stereocenters. The van der Waals surface area contributed by atoms with Gasteiger partial charge >= 0.3 is 5.97 Å². The second-order valence-electron chi connectivity index (χ2n) is 5.14. The Kier molecular flexibility index (Phi) is 7.95. The second-order valence-corrected chi connectivity index (χ2v) is 5.14. The fourth-order valence-corrected chi connectivity index (χ4v) is 2.09. The summed E-state index contributed by atoms with van der Waals surface area (Å²) in [5.74, 6) is -0.0770. The van der Waals surface area contributed by atoms with E-state index in [0.29, 0.717) is 6.42 Å². The minimum atomic E-state index is -0.0770. The quantitative estimate of drug-likeness (QED) is 0.483. The lowest BCUT2D eigenvalue weighted by molar-refractivity contribution is -0.148. The van der Waals surface area contributed by atoms with Gasteiger partial charge in [-0.25, -0.2) is 0 Å². The summed E-state index contributed by atoms with van der Waals surface area (Å²) in [4.78, 5) is 11.7. The van der Waals surface area contributed by atoms with Gasteiger partial charge in [-0.3, -0.25) is 4.79 Å². The molecule has 0 aliphatic heterocycles. The van der Waals surface area contributed by atoms with Crippen molar-refractivity contribution in [1.29, 1.82) is 0 Å². The molecule has 0 radical (unpaired) electrons. The largest absolute Gasteiger partial charge is 0.463 e. The van der Waals surface area contributed by atoms with E-state index in [1.807, 2.05) is 37.3 Å². The van der Waals surface area contributed by atoms with Crippen LogP contribution in [0.4, 0.5) is 0 Å². The van der Waals surface area contributed by atoms with Crippen molar-refractivity contribution in [2.75, 3.05) is 0 Å². The number of unbranched alkanes of at least 4 members (excludes halogenated alkanes) is 3. The summed E-state index contributed by atoms with van der Waals surface area (Å²) >= 11 is 0.